The van der Waals surface area contributed by atoms with Gasteiger partial charge < -0.3 is 30.9 Å². The van der Waals surface area contributed by atoms with Crippen LogP contribution in [0.15, 0.2) is 6.33 Å². The van der Waals surface area contributed by atoms with Crippen LogP contribution in [0.3, 0.4) is 0 Å². The number of aliphatic hydroxyl groups is 4. The molecule has 13 nitrogen and oxygen atoms in total. The quantitative estimate of drug-likeness (QED) is 0.300. The summed E-state index contributed by atoms with van der Waals surface area (Å²) in [5.41, 5.74) is 8.44. The fraction of sp³-hybridized carbons (Fsp3) is 0.650. The highest BCUT2D eigenvalue weighted by Crippen LogP contribution is 2.52. The van der Waals surface area contributed by atoms with Crippen molar-refractivity contribution in [1.82, 2.24) is 34.5 Å². The van der Waals surface area contributed by atoms with E-state index in [1.54, 1.807) is 4.68 Å². The molecule has 3 aromatic heterocycles. The van der Waals surface area contributed by atoms with Crippen molar-refractivity contribution in [2.24, 2.45) is 17.8 Å². The van der Waals surface area contributed by atoms with Gasteiger partial charge in [-0.1, -0.05) is 5.21 Å². The van der Waals surface area contributed by atoms with E-state index >= 15 is 0 Å². The number of aryl methyl sites for hydroxylation is 1. The Morgan fingerprint density at radius 2 is 1.85 bits per heavy atom. The molecular formula is C20H26N8O5. The van der Waals surface area contributed by atoms with Gasteiger partial charge in [0, 0.05) is 6.61 Å². The summed E-state index contributed by atoms with van der Waals surface area (Å²) in [7, 11) is 0. The van der Waals surface area contributed by atoms with Crippen LogP contribution in [0.1, 0.15) is 30.5 Å². The Labute approximate surface area is 187 Å². The Hall–Kier alpha value is -2.71. The minimum atomic E-state index is -1.34. The first kappa shape index (κ1) is 20.9. The molecule has 0 bridgehead atoms. The van der Waals surface area contributed by atoms with Crippen LogP contribution in [0, 0.1) is 17.8 Å². The van der Waals surface area contributed by atoms with E-state index in [9.17, 15) is 20.4 Å². The Morgan fingerprint density at radius 3 is 2.58 bits per heavy atom. The van der Waals surface area contributed by atoms with E-state index in [1.807, 2.05) is 0 Å². The molecule has 1 aliphatic heterocycles. The molecule has 3 aliphatic rings. The first-order valence-corrected chi connectivity index (χ1v) is 11.2. The normalized spacial score (nSPS) is 33.5. The van der Waals surface area contributed by atoms with Crippen LogP contribution < -0.4 is 5.73 Å². The summed E-state index contributed by atoms with van der Waals surface area (Å²) in [6, 6.07) is 0. The number of rotatable bonds is 4. The number of anilines is 1. The van der Waals surface area contributed by atoms with E-state index < -0.39 is 31.1 Å². The summed E-state index contributed by atoms with van der Waals surface area (Å²) < 4.78 is 8.93. The molecule has 6 N–H and O–H groups in total. The largest absolute Gasteiger partial charge is 0.396 e. The van der Waals surface area contributed by atoms with Gasteiger partial charge in [0.25, 0.3) is 0 Å². The molecule has 1 saturated heterocycles. The van der Waals surface area contributed by atoms with E-state index in [2.05, 4.69) is 25.3 Å². The topological polar surface area (TPSA) is 190 Å². The van der Waals surface area contributed by atoms with Crippen LogP contribution in [0.25, 0.3) is 17.1 Å². The minimum absolute atomic E-state index is 0.154. The van der Waals surface area contributed by atoms with E-state index in [0.717, 1.165) is 30.7 Å². The molecule has 2 aliphatic carbocycles. The van der Waals surface area contributed by atoms with Gasteiger partial charge in [-0.05, 0) is 43.4 Å². The predicted molar refractivity (Wildman–Crippen MR) is 112 cm³/mol. The van der Waals surface area contributed by atoms with Gasteiger partial charge >= 0.3 is 0 Å². The number of nitrogens with two attached hydrogens (primary N) is 1. The van der Waals surface area contributed by atoms with Crippen molar-refractivity contribution in [3.63, 3.8) is 0 Å². The molecule has 33 heavy (non-hydrogen) atoms. The molecule has 0 spiro atoms. The smallest absolute Gasteiger partial charge is 0.237 e. The van der Waals surface area contributed by atoms with Crippen LogP contribution in [-0.2, 0) is 17.6 Å². The Balaban J connectivity index is 1.47. The average Bonchev–Trinajstić information content (AvgIpc) is 3.04. The zero-order chi connectivity index (χ0) is 22.9. The van der Waals surface area contributed by atoms with Gasteiger partial charge in [-0.15, -0.1) is 5.10 Å². The molecule has 4 heterocycles. The molecule has 2 fully saturated rings. The van der Waals surface area contributed by atoms with Gasteiger partial charge in [0.2, 0.25) is 5.95 Å². The van der Waals surface area contributed by atoms with E-state index in [-0.39, 0.29) is 18.4 Å². The number of aliphatic hydroxyl groups excluding tert-OH is 4. The van der Waals surface area contributed by atoms with Crippen molar-refractivity contribution < 1.29 is 25.2 Å². The number of ether oxygens (including phenoxy) is 1. The predicted octanol–water partition coefficient (Wildman–Crippen LogP) is -1.67. The first-order chi connectivity index (χ1) is 16.0. The minimum Gasteiger partial charge on any atom is -0.396 e. The van der Waals surface area contributed by atoms with Gasteiger partial charge in [-0.25, -0.2) is 15.0 Å². The second-order valence-electron chi connectivity index (χ2n) is 9.09. The molecule has 7 atom stereocenters. The van der Waals surface area contributed by atoms with Crippen molar-refractivity contribution >= 4 is 17.0 Å². The van der Waals surface area contributed by atoms with Gasteiger partial charge in [-0.2, -0.15) is 4.68 Å². The highest BCUT2D eigenvalue weighted by molar-refractivity contribution is 5.83. The van der Waals surface area contributed by atoms with Crippen LogP contribution >= 0.6 is 0 Å². The van der Waals surface area contributed by atoms with Crippen molar-refractivity contribution in [2.75, 3.05) is 18.9 Å². The second kappa shape index (κ2) is 7.67. The van der Waals surface area contributed by atoms with Crippen LogP contribution in [0.4, 0.5) is 5.82 Å². The molecular weight excluding hydrogens is 432 g/mol. The Morgan fingerprint density at radius 1 is 1.06 bits per heavy atom. The lowest BCUT2D eigenvalue weighted by Crippen LogP contribution is -2.33. The summed E-state index contributed by atoms with van der Waals surface area (Å²) in [6.45, 7) is -0.245. The number of hydrogen-bond acceptors (Lipinski definition) is 11. The van der Waals surface area contributed by atoms with E-state index in [4.69, 9.17) is 10.5 Å². The zero-order valence-electron chi connectivity index (χ0n) is 17.8. The van der Waals surface area contributed by atoms with Gasteiger partial charge in [-0.3, -0.25) is 4.57 Å². The number of imidazole rings is 1. The van der Waals surface area contributed by atoms with Crippen LogP contribution in [0.2, 0.25) is 0 Å². The molecule has 4 unspecified atom stereocenters. The summed E-state index contributed by atoms with van der Waals surface area (Å²) in [5.74, 6) is 1.82. The number of aromatic nitrogens is 7. The fourth-order valence-electron chi connectivity index (χ4n) is 5.59. The second-order valence-corrected chi connectivity index (χ2v) is 9.09. The molecule has 13 heteroatoms. The average molecular weight is 458 g/mol. The van der Waals surface area contributed by atoms with Crippen molar-refractivity contribution in [1.29, 1.82) is 0 Å². The zero-order valence-corrected chi connectivity index (χ0v) is 17.8. The third-order valence-corrected chi connectivity index (χ3v) is 7.44. The third-order valence-electron chi connectivity index (χ3n) is 7.44. The molecule has 3 aromatic rings. The maximum absolute atomic E-state index is 10.7. The summed E-state index contributed by atoms with van der Waals surface area (Å²) in [4.78, 5) is 12.9. The third kappa shape index (κ3) is 3.07. The molecule has 0 aromatic carbocycles. The molecule has 0 radical (unpaired) electrons. The summed E-state index contributed by atoms with van der Waals surface area (Å²) >= 11 is 0. The number of nitrogen functional groups attached to an aromatic ring is 1. The van der Waals surface area contributed by atoms with Crippen molar-refractivity contribution in [2.45, 2.75) is 50.2 Å². The lowest BCUT2D eigenvalue weighted by molar-refractivity contribution is -0.0512. The van der Waals surface area contributed by atoms with Crippen LogP contribution in [-0.4, -0.2) is 86.5 Å². The summed E-state index contributed by atoms with van der Waals surface area (Å²) in [5, 5.41) is 49.0. The van der Waals surface area contributed by atoms with Crippen LogP contribution in [0.5, 0.6) is 0 Å². The maximum atomic E-state index is 10.7. The molecule has 6 rings (SSSR count). The lowest BCUT2D eigenvalue weighted by Gasteiger charge is -2.19. The maximum Gasteiger partial charge on any atom is 0.237 e. The Kier molecular flexibility index (Phi) is 4.85. The number of nitrogens with zero attached hydrogens (tertiary/aromatic N) is 7. The van der Waals surface area contributed by atoms with Gasteiger partial charge in [0.1, 0.15) is 24.6 Å². The monoisotopic (exact) mass is 458 g/mol. The number of fused-ring (bicyclic) bond motifs is 3. The van der Waals surface area contributed by atoms with Crippen molar-refractivity contribution in [3.8, 4) is 5.95 Å². The highest BCUT2D eigenvalue weighted by Gasteiger charge is 2.49. The van der Waals surface area contributed by atoms with E-state index in [1.165, 1.54) is 10.9 Å². The van der Waals surface area contributed by atoms with Gasteiger partial charge in [0.05, 0.1) is 18.0 Å². The standard InChI is InChI=1S/C20H26N8O5/c21-17-14-18(23-7-22-17)27(19-16(32)15(31)13(6-30)33-19)20(24-14)28-12-4-2-9-8(10(9)5-29)1-3-11(12)25-26-28/h7-10,13,15-16,19,29-32H,1-6H2,(H2,21,22,23)/t8-,9+,10-,13?,15?,16?,19?/m0/s1. The Bertz CT molecular complexity index is 1200. The molecule has 1 saturated carbocycles. The van der Waals surface area contributed by atoms with Crippen molar-refractivity contribution in [3.05, 3.63) is 17.7 Å². The number of hydrogen-bond donors (Lipinski definition) is 5. The SMILES string of the molecule is Nc1ncnc2c1nc(-n1nnc3c1CC[C@H]1[C@@H](CO)[C@H]1CC3)n2C1OC(CO)C(O)C1O. The highest BCUT2D eigenvalue weighted by atomic mass is 16.6. The first-order valence-electron chi connectivity index (χ1n) is 11.2. The lowest BCUT2D eigenvalue weighted by atomic mass is 10.0. The molecule has 176 valence electrons. The van der Waals surface area contributed by atoms with E-state index in [0.29, 0.717) is 35.3 Å². The fourth-order valence-corrected chi connectivity index (χ4v) is 5.59. The molecule has 0 amide bonds. The van der Waals surface area contributed by atoms with Gasteiger partial charge in [0.15, 0.2) is 23.2 Å². The summed E-state index contributed by atoms with van der Waals surface area (Å²) in [6.07, 6.45) is -0.0595.